The van der Waals surface area contributed by atoms with Gasteiger partial charge in [0, 0.05) is 22.8 Å². The molecule has 112 valence electrons. The maximum absolute atomic E-state index is 9.12. The Labute approximate surface area is 139 Å². The van der Waals surface area contributed by atoms with E-state index in [0.29, 0.717) is 5.75 Å². The van der Waals surface area contributed by atoms with E-state index in [-0.39, 0.29) is 17.0 Å². The van der Waals surface area contributed by atoms with Crippen molar-refractivity contribution in [3.05, 3.63) is 60.2 Å². The van der Waals surface area contributed by atoms with Gasteiger partial charge in [0.05, 0.1) is 0 Å². The Bertz CT molecular complexity index is 543. The van der Waals surface area contributed by atoms with Crippen LogP contribution < -0.4 is 21.7 Å². The van der Waals surface area contributed by atoms with Gasteiger partial charge < -0.3 is 26.5 Å². The number of aryl methyl sites for hydroxylation is 1. The molecule has 0 bridgehead atoms. The maximum Gasteiger partial charge on any atom is 0.718 e. The van der Waals surface area contributed by atoms with Gasteiger partial charge in [0.1, 0.15) is 7.11 Å². The highest BCUT2D eigenvalue weighted by atomic mass is 79.9. The monoisotopic (exact) mass is 368 g/mol. The Morgan fingerprint density at radius 1 is 1.05 bits per heavy atom. The van der Waals surface area contributed by atoms with E-state index < -0.39 is 6.16 Å². The molecule has 0 atom stereocenters. The van der Waals surface area contributed by atoms with Gasteiger partial charge in [-0.2, -0.15) is 0 Å². The largest absolute Gasteiger partial charge is 1.00 e. The van der Waals surface area contributed by atoms with Gasteiger partial charge in [-0.25, -0.2) is 0 Å². The predicted octanol–water partition coefficient (Wildman–Crippen LogP) is 0.510. The second kappa shape index (κ2) is 9.47. The molecule has 0 aromatic heterocycles. The number of thioether (sulfide) groups is 1. The molecule has 5 heteroatoms. The molecule has 2 rings (SSSR count). The summed E-state index contributed by atoms with van der Waals surface area (Å²) in [5, 5.41) is 0. The van der Waals surface area contributed by atoms with Crippen LogP contribution in [0.1, 0.15) is 5.56 Å². The number of benzene rings is 2. The Hall–Kier alpha value is -1.46. The van der Waals surface area contributed by atoms with E-state index in [2.05, 4.69) is 29.0 Å². The molecule has 0 saturated heterocycles. The molecule has 3 nitrogen and oxygen atoms in total. The highest BCUT2D eigenvalue weighted by Crippen LogP contribution is 2.22. The van der Waals surface area contributed by atoms with Gasteiger partial charge in [0.25, 0.3) is 0 Å². The lowest BCUT2D eigenvalue weighted by Gasteiger charge is -2.02. The molecule has 2 aromatic carbocycles. The average molecular weight is 369 g/mol. The minimum absolute atomic E-state index is 0. The molecule has 2 aromatic rings. The summed E-state index contributed by atoms with van der Waals surface area (Å²) in [7, 11) is 1.35. The number of hydrogen-bond donors (Lipinski definition) is 0. The first-order valence-corrected chi connectivity index (χ1v) is 7.31. The first kappa shape index (κ1) is 17.6. The van der Waals surface area contributed by atoms with Gasteiger partial charge in [0.15, 0.2) is 0 Å². The minimum atomic E-state index is -0.450. The quantitative estimate of drug-likeness (QED) is 0.334. The summed E-state index contributed by atoms with van der Waals surface area (Å²) in [6.45, 7) is 0. The van der Waals surface area contributed by atoms with E-state index >= 15 is 0 Å². The number of carbonyl (C=O) groups excluding carboxylic acids is 1. The fourth-order valence-electron chi connectivity index (χ4n) is 1.68. The molecule has 0 unspecified atom stereocenters. The second-order valence-electron chi connectivity index (χ2n) is 4.13. The molecule has 0 fully saturated rings. The van der Waals surface area contributed by atoms with Crippen LogP contribution in [0.2, 0.25) is 0 Å². The minimum Gasteiger partial charge on any atom is -1.00 e. The molecular formula is C16H17BrO3S. The lowest BCUT2D eigenvalue weighted by Crippen LogP contribution is -3.00. The van der Waals surface area contributed by atoms with Crippen LogP contribution in [0.5, 0.6) is 5.75 Å². The van der Waals surface area contributed by atoms with Crippen molar-refractivity contribution in [2.45, 2.75) is 11.3 Å². The third-order valence-corrected chi connectivity index (χ3v) is 3.72. The molecule has 0 amide bonds. The first-order valence-electron chi connectivity index (χ1n) is 6.32. The van der Waals surface area contributed by atoms with Crippen LogP contribution in [0.3, 0.4) is 0 Å². The SMILES string of the molecule is COC(=[OH+])Oc1ccc(SCCc2ccccc2)cc1.[Br-]. The lowest BCUT2D eigenvalue weighted by molar-refractivity contribution is -0.00000727. The zero-order valence-corrected chi connectivity index (χ0v) is 14.1. The fraction of sp³-hybridized carbons (Fsp3) is 0.188. The number of hydrogen-bond acceptors (Lipinski definition) is 3. The van der Waals surface area contributed by atoms with E-state index in [1.54, 1.807) is 23.9 Å². The average Bonchev–Trinajstić information content (AvgIpc) is 2.50. The maximum atomic E-state index is 9.12. The summed E-state index contributed by atoms with van der Waals surface area (Å²) >= 11 is 1.79. The fourth-order valence-corrected chi connectivity index (χ4v) is 2.58. The van der Waals surface area contributed by atoms with Crippen molar-refractivity contribution in [3.8, 4) is 5.75 Å². The van der Waals surface area contributed by atoms with Crippen molar-refractivity contribution < 1.29 is 31.2 Å². The summed E-state index contributed by atoms with van der Waals surface area (Å²) in [6.07, 6.45) is 0.594. The smallest absolute Gasteiger partial charge is 0.718 e. The van der Waals surface area contributed by atoms with E-state index in [4.69, 9.17) is 9.53 Å². The molecule has 0 aliphatic carbocycles. The first-order chi connectivity index (χ1) is 9.78. The molecule has 0 spiro atoms. The predicted molar refractivity (Wildman–Crippen MR) is 81.9 cm³/mol. The van der Waals surface area contributed by atoms with Gasteiger partial charge in [-0.1, -0.05) is 30.3 Å². The van der Waals surface area contributed by atoms with Crippen molar-refractivity contribution in [3.63, 3.8) is 0 Å². The molecular weight excluding hydrogens is 352 g/mol. The number of ether oxygens (including phenoxy) is 2. The molecule has 0 aliphatic heterocycles. The van der Waals surface area contributed by atoms with Gasteiger partial charge >= 0.3 is 6.16 Å². The van der Waals surface area contributed by atoms with E-state index in [0.717, 1.165) is 12.2 Å². The van der Waals surface area contributed by atoms with Crippen molar-refractivity contribution in [1.82, 2.24) is 0 Å². The highest BCUT2D eigenvalue weighted by molar-refractivity contribution is 7.99. The van der Waals surface area contributed by atoms with Crippen LogP contribution in [0.4, 0.5) is 0 Å². The molecule has 0 radical (unpaired) electrons. The number of halogens is 1. The summed E-state index contributed by atoms with van der Waals surface area (Å²) in [6, 6.07) is 18.0. The second-order valence-corrected chi connectivity index (χ2v) is 5.30. The highest BCUT2D eigenvalue weighted by Gasteiger charge is 2.13. The number of rotatable bonds is 5. The van der Waals surface area contributed by atoms with Crippen LogP contribution in [0, 0.1) is 0 Å². The Kier molecular flexibility index (Phi) is 7.93. The van der Waals surface area contributed by atoms with Crippen molar-refractivity contribution in [1.29, 1.82) is 0 Å². The lowest BCUT2D eigenvalue weighted by atomic mass is 10.2. The summed E-state index contributed by atoms with van der Waals surface area (Å²) in [5.74, 6) is 1.58. The molecule has 0 saturated carbocycles. The summed E-state index contributed by atoms with van der Waals surface area (Å²) in [5.41, 5.74) is 1.35. The van der Waals surface area contributed by atoms with Crippen molar-refractivity contribution >= 4 is 17.9 Å². The van der Waals surface area contributed by atoms with Gasteiger partial charge in [-0.05, 0) is 24.1 Å². The topological polar surface area (TPSA) is 39.9 Å². The van der Waals surface area contributed by atoms with E-state index in [1.807, 2.05) is 18.2 Å². The Morgan fingerprint density at radius 3 is 2.33 bits per heavy atom. The van der Waals surface area contributed by atoms with Crippen LogP contribution in [-0.4, -0.2) is 23.8 Å². The third kappa shape index (κ3) is 6.23. The van der Waals surface area contributed by atoms with E-state index in [1.165, 1.54) is 17.6 Å². The van der Waals surface area contributed by atoms with Crippen LogP contribution in [0.25, 0.3) is 0 Å². The zero-order valence-electron chi connectivity index (χ0n) is 11.7. The molecule has 0 aliphatic rings. The van der Waals surface area contributed by atoms with Gasteiger partial charge in [-0.15, -0.1) is 11.8 Å². The van der Waals surface area contributed by atoms with Crippen LogP contribution in [-0.2, 0) is 11.2 Å². The standard InChI is InChI=1S/C16H16O3S.BrH/c1-18-16(17)19-14-7-9-15(10-8-14)20-12-11-13-5-3-2-4-6-13;/h2-10H,11-12H2,1H3;1H. The third-order valence-electron chi connectivity index (χ3n) is 2.71. The van der Waals surface area contributed by atoms with Crippen molar-refractivity contribution in [2.24, 2.45) is 0 Å². The zero-order chi connectivity index (χ0) is 14.2. The Morgan fingerprint density at radius 2 is 1.71 bits per heavy atom. The summed E-state index contributed by atoms with van der Waals surface area (Å²) < 4.78 is 9.58. The molecule has 1 N–H and O–H groups in total. The number of methoxy groups -OCH3 is 1. The van der Waals surface area contributed by atoms with Crippen molar-refractivity contribution in [2.75, 3.05) is 12.9 Å². The molecule has 0 heterocycles. The van der Waals surface area contributed by atoms with Crippen LogP contribution in [0.15, 0.2) is 59.5 Å². The normalized spacial score (nSPS) is 9.57. The summed E-state index contributed by atoms with van der Waals surface area (Å²) in [4.78, 5) is 10.3. The van der Waals surface area contributed by atoms with E-state index in [9.17, 15) is 0 Å². The van der Waals surface area contributed by atoms with Crippen LogP contribution >= 0.6 is 11.8 Å². The van der Waals surface area contributed by atoms with Gasteiger partial charge in [-0.3, -0.25) is 4.74 Å². The molecule has 21 heavy (non-hydrogen) atoms. The Balaban J connectivity index is 0.00000220. The van der Waals surface area contributed by atoms with Gasteiger partial charge in [0.2, 0.25) is 5.75 Å².